The number of anilines is 1. The first-order chi connectivity index (χ1) is 13.9. The van der Waals surface area contributed by atoms with Crippen LogP contribution in [0.15, 0.2) is 18.3 Å². The SMILES string of the molecule is CCOc1ncccc1C(=O)OCC(=O)Nc1sc2c(c1C(N)=O)CC[C@H](C)C2. The number of nitrogens with zero attached hydrogens (tertiary/aromatic N) is 1. The second-order valence-corrected chi connectivity index (χ2v) is 7.94. The number of hydrogen-bond acceptors (Lipinski definition) is 7. The maximum absolute atomic E-state index is 12.3. The van der Waals surface area contributed by atoms with Gasteiger partial charge in [-0.3, -0.25) is 9.59 Å². The van der Waals surface area contributed by atoms with Crippen molar-refractivity contribution in [3.8, 4) is 5.88 Å². The first-order valence-corrected chi connectivity index (χ1v) is 10.2. The summed E-state index contributed by atoms with van der Waals surface area (Å²) in [5.41, 5.74) is 6.97. The summed E-state index contributed by atoms with van der Waals surface area (Å²) in [4.78, 5) is 41.6. The van der Waals surface area contributed by atoms with E-state index < -0.39 is 24.4 Å². The predicted molar refractivity (Wildman–Crippen MR) is 108 cm³/mol. The number of rotatable bonds is 7. The zero-order valence-corrected chi connectivity index (χ0v) is 17.1. The molecule has 2 aromatic heterocycles. The quantitative estimate of drug-likeness (QED) is 0.668. The molecule has 0 aromatic carbocycles. The van der Waals surface area contributed by atoms with Crippen LogP contribution in [0.1, 0.15) is 51.4 Å². The summed E-state index contributed by atoms with van der Waals surface area (Å²) in [5.74, 6) is -1.16. The number of nitrogens with one attached hydrogen (secondary N) is 1. The van der Waals surface area contributed by atoms with E-state index in [0.29, 0.717) is 23.1 Å². The van der Waals surface area contributed by atoms with E-state index in [4.69, 9.17) is 15.2 Å². The average Bonchev–Trinajstić information content (AvgIpc) is 3.03. The Morgan fingerprint density at radius 1 is 1.38 bits per heavy atom. The normalized spacial score (nSPS) is 15.3. The Balaban J connectivity index is 1.67. The van der Waals surface area contributed by atoms with Gasteiger partial charge in [0.2, 0.25) is 5.88 Å². The van der Waals surface area contributed by atoms with Gasteiger partial charge in [0.15, 0.2) is 6.61 Å². The Morgan fingerprint density at radius 3 is 2.90 bits per heavy atom. The van der Waals surface area contributed by atoms with Crippen molar-refractivity contribution in [3.05, 3.63) is 39.9 Å². The number of aromatic nitrogens is 1. The molecule has 0 saturated carbocycles. The van der Waals surface area contributed by atoms with Gasteiger partial charge in [-0.2, -0.15) is 0 Å². The van der Waals surface area contributed by atoms with Crippen LogP contribution in [-0.2, 0) is 22.4 Å². The minimum absolute atomic E-state index is 0.139. The molecule has 2 aromatic rings. The summed E-state index contributed by atoms with van der Waals surface area (Å²) in [6.07, 6.45) is 4.09. The van der Waals surface area contributed by atoms with E-state index >= 15 is 0 Å². The maximum atomic E-state index is 12.3. The molecule has 0 unspecified atom stereocenters. The molecular formula is C20H23N3O5S. The van der Waals surface area contributed by atoms with Crippen molar-refractivity contribution in [1.29, 1.82) is 0 Å². The number of primary amides is 1. The van der Waals surface area contributed by atoms with Gasteiger partial charge in [0, 0.05) is 11.1 Å². The lowest BCUT2D eigenvalue weighted by Crippen LogP contribution is -2.23. The molecule has 0 fully saturated rings. The number of hydrogen-bond donors (Lipinski definition) is 2. The van der Waals surface area contributed by atoms with Crippen molar-refractivity contribution in [2.75, 3.05) is 18.5 Å². The maximum Gasteiger partial charge on any atom is 0.344 e. The van der Waals surface area contributed by atoms with Crippen LogP contribution in [0.5, 0.6) is 5.88 Å². The summed E-state index contributed by atoms with van der Waals surface area (Å²) in [6.45, 7) is 3.76. The highest BCUT2D eigenvalue weighted by atomic mass is 32.1. The Kier molecular flexibility index (Phi) is 6.48. The molecule has 29 heavy (non-hydrogen) atoms. The lowest BCUT2D eigenvalue weighted by molar-refractivity contribution is -0.119. The molecule has 2 heterocycles. The van der Waals surface area contributed by atoms with Gasteiger partial charge in [0.05, 0.1) is 12.2 Å². The minimum atomic E-state index is -0.717. The number of carbonyl (C=O) groups is 3. The molecule has 8 nitrogen and oxygen atoms in total. The number of thiophene rings is 1. The summed E-state index contributed by atoms with van der Waals surface area (Å²) >= 11 is 1.36. The first-order valence-electron chi connectivity index (χ1n) is 9.39. The predicted octanol–water partition coefficient (Wildman–Crippen LogP) is 2.56. The average molecular weight is 417 g/mol. The van der Waals surface area contributed by atoms with Gasteiger partial charge in [0.1, 0.15) is 10.6 Å². The largest absolute Gasteiger partial charge is 0.477 e. The number of fused-ring (bicyclic) bond motifs is 1. The molecule has 0 spiro atoms. The summed E-state index contributed by atoms with van der Waals surface area (Å²) < 4.78 is 10.4. The molecule has 0 aliphatic heterocycles. The zero-order valence-electron chi connectivity index (χ0n) is 16.3. The lowest BCUT2D eigenvalue weighted by Gasteiger charge is -2.18. The van der Waals surface area contributed by atoms with Crippen molar-refractivity contribution in [3.63, 3.8) is 0 Å². The standard InChI is InChI=1S/C20H23N3O5S/c1-3-27-18-13(5-4-8-22-18)20(26)28-10-15(24)23-19-16(17(21)25)12-7-6-11(2)9-14(12)29-19/h4-5,8,11H,3,6-7,9-10H2,1-2H3,(H2,21,25)(H,23,24)/t11-/m0/s1. The van der Waals surface area contributed by atoms with Crippen molar-refractivity contribution >= 4 is 34.1 Å². The molecule has 0 bridgehead atoms. The molecular weight excluding hydrogens is 394 g/mol. The van der Waals surface area contributed by atoms with Crippen LogP contribution >= 0.6 is 11.3 Å². The van der Waals surface area contributed by atoms with Gasteiger partial charge in [0.25, 0.3) is 11.8 Å². The van der Waals surface area contributed by atoms with Gasteiger partial charge in [-0.25, -0.2) is 9.78 Å². The summed E-state index contributed by atoms with van der Waals surface area (Å²) in [5, 5.41) is 3.08. The van der Waals surface area contributed by atoms with Crippen LogP contribution in [0, 0.1) is 5.92 Å². The van der Waals surface area contributed by atoms with Crippen LogP contribution in [-0.4, -0.2) is 36.0 Å². The van der Waals surface area contributed by atoms with Gasteiger partial charge >= 0.3 is 5.97 Å². The number of nitrogens with two attached hydrogens (primary N) is 1. The Hall–Kier alpha value is -2.94. The highest BCUT2D eigenvalue weighted by molar-refractivity contribution is 7.17. The van der Waals surface area contributed by atoms with Crippen molar-refractivity contribution in [2.24, 2.45) is 11.7 Å². The van der Waals surface area contributed by atoms with Gasteiger partial charge in [-0.05, 0) is 49.8 Å². The van der Waals surface area contributed by atoms with Crippen LogP contribution in [0.4, 0.5) is 5.00 Å². The van der Waals surface area contributed by atoms with E-state index in [0.717, 1.165) is 29.7 Å². The molecule has 1 aliphatic rings. The van der Waals surface area contributed by atoms with Crippen molar-refractivity contribution < 1.29 is 23.9 Å². The second kappa shape index (κ2) is 9.04. The fraction of sp³-hybridized carbons (Fsp3) is 0.400. The highest BCUT2D eigenvalue weighted by Crippen LogP contribution is 2.39. The number of ether oxygens (including phenoxy) is 2. The molecule has 9 heteroatoms. The monoisotopic (exact) mass is 417 g/mol. The van der Waals surface area contributed by atoms with Crippen LogP contribution < -0.4 is 15.8 Å². The molecule has 154 valence electrons. The van der Waals surface area contributed by atoms with E-state index in [1.165, 1.54) is 23.6 Å². The van der Waals surface area contributed by atoms with E-state index in [1.54, 1.807) is 13.0 Å². The lowest BCUT2D eigenvalue weighted by atomic mass is 9.88. The molecule has 1 aliphatic carbocycles. The number of amides is 2. The van der Waals surface area contributed by atoms with Crippen LogP contribution in [0.2, 0.25) is 0 Å². The fourth-order valence-electron chi connectivity index (χ4n) is 3.27. The summed E-state index contributed by atoms with van der Waals surface area (Å²) in [7, 11) is 0. The van der Waals surface area contributed by atoms with E-state index in [-0.39, 0.29) is 11.4 Å². The second-order valence-electron chi connectivity index (χ2n) is 6.83. The Labute approximate surface area is 172 Å². The van der Waals surface area contributed by atoms with Crippen molar-refractivity contribution in [1.82, 2.24) is 4.98 Å². The molecule has 0 radical (unpaired) electrons. The zero-order chi connectivity index (χ0) is 21.0. The van der Waals surface area contributed by atoms with Gasteiger partial charge < -0.3 is 20.5 Å². The number of carbonyl (C=O) groups excluding carboxylic acids is 3. The Morgan fingerprint density at radius 2 is 2.17 bits per heavy atom. The number of pyridine rings is 1. The molecule has 0 saturated heterocycles. The molecule has 1 atom stereocenters. The van der Waals surface area contributed by atoms with Crippen LogP contribution in [0.25, 0.3) is 0 Å². The van der Waals surface area contributed by atoms with Crippen LogP contribution in [0.3, 0.4) is 0 Å². The topological polar surface area (TPSA) is 121 Å². The third kappa shape index (κ3) is 4.73. The van der Waals surface area contributed by atoms with E-state index in [9.17, 15) is 14.4 Å². The smallest absolute Gasteiger partial charge is 0.344 e. The third-order valence-corrected chi connectivity index (χ3v) is 5.79. The fourth-order valence-corrected chi connectivity index (χ4v) is 4.70. The summed E-state index contributed by atoms with van der Waals surface area (Å²) in [6, 6.07) is 3.09. The van der Waals surface area contributed by atoms with E-state index in [1.807, 2.05) is 0 Å². The molecule has 3 rings (SSSR count). The van der Waals surface area contributed by atoms with E-state index in [2.05, 4.69) is 17.2 Å². The highest BCUT2D eigenvalue weighted by Gasteiger charge is 2.27. The number of esters is 1. The minimum Gasteiger partial charge on any atom is -0.477 e. The third-order valence-electron chi connectivity index (χ3n) is 4.62. The van der Waals surface area contributed by atoms with Crippen molar-refractivity contribution in [2.45, 2.75) is 33.1 Å². The Bertz CT molecular complexity index is 940. The molecule has 2 amide bonds. The van der Waals surface area contributed by atoms with Gasteiger partial charge in [-0.1, -0.05) is 6.92 Å². The van der Waals surface area contributed by atoms with Gasteiger partial charge in [-0.15, -0.1) is 11.3 Å². The first kappa shape index (κ1) is 20.8. The molecule has 3 N–H and O–H groups in total.